The van der Waals surface area contributed by atoms with Gasteiger partial charge in [-0.25, -0.2) is 4.98 Å². The number of amides is 1. The molecule has 1 aliphatic heterocycles. The van der Waals surface area contributed by atoms with Crippen LogP contribution in [-0.2, 0) is 6.54 Å². The molecule has 0 radical (unpaired) electrons. The lowest BCUT2D eigenvalue weighted by atomic mass is 9.99. The molecular weight excluding hydrogens is 414 g/mol. The third-order valence-corrected chi connectivity index (χ3v) is 5.82. The molecular formula is C23H26ClN5O2. The lowest BCUT2D eigenvalue weighted by Crippen LogP contribution is -2.40. The number of pyridine rings is 1. The summed E-state index contributed by atoms with van der Waals surface area (Å²) in [5.74, 6) is 0.692. The number of hydrogen-bond donors (Lipinski definition) is 3. The van der Waals surface area contributed by atoms with Gasteiger partial charge in [0.1, 0.15) is 11.5 Å². The average Bonchev–Trinajstić information content (AvgIpc) is 3.29. The Morgan fingerprint density at radius 2 is 2.16 bits per heavy atom. The van der Waals surface area contributed by atoms with E-state index in [1.54, 1.807) is 24.4 Å². The maximum Gasteiger partial charge on any atom is 0.269 e. The van der Waals surface area contributed by atoms with Crippen LogP contribution < -0.4 is 10.2 Å². The van der Waals surface area contributed by atoms with Crippen LogP contribution in [0.5, 0.6) is 0 Å². The van der Waals surface area contributed by atoms with E-state index in [0.717, 1.165) is 42.8 Å². The first-order valence-corrected chi connectivity index (χ1v) is 10.9. The third-order valence-electron chi connectivity index (χ3n) is 5.59. The minimum atomic E-state index is -0.233. The van der Waals surface area contributed by atoms with Crippen LogP contribution >= 0.6 is 11.6 Å². The van der Waals surface area contributed by atoms with Crippen molar-refractivity contribution in [2.24, 2.45) is 0 Å². The number of piperidine rings is 1. The zero-order chi connectivity index (χ0) is 21.6. The van der Waals surface area contributed by atoms with Crippen molar-refractivity contribution in [3.05, 3.63) is 64.9 Å². The van der Waals surface area contributed by atoms with Crippen LogP contribution in [0.3, 0.4) is 0 Å². The Labute approximate surface area is 186 Å². The first-order chi connectivity index (χ1) is 15.1. The van der Waals surface area contributed by atoms with Crippen molar-refractivity contribution in [1.29, 1.82) is 0 Å². The molecule has 1 aliphatic rings. The van der Waals surface area contributed by atoms with Gasteiger partial charge < -0.3 is 15.3 Å². The van der Waals surface area contributed by atoms with Crippen molar-refractivity contribution >= 4 is 23.3 Å². The van der Waals surface area contributed by atoms with Gasteiger partial charge in [0.25, 0.3) is 5.91 Å². The van der Waals surface area contributed by atoms with Gasteiger partial charge in [-0.2, -0.15) is 5.10 Å². The predicted molar refractivity (Wildman–Crippen MR) is 121 cm³/mol. The molecule has 0 unspecified atom stereocenters. The lowest BCUT2D eigenvalue weighted by Gasteiger charge is -2.36. The molecule has 1 saturated heterocycles. The molecule has 3 N–H and O–H groups in total. The number of nitrogens with zero attached hydrogens (tertiary/aromatic N) is 3. The second-order valence-electron chi connectivity index (χ2n) is 7.74. The highest BCUT2D eigenvalue weighted by atomic mass is 35.5. The number of carbonyl (C=O) groups excluding carboxylic acids is 1. The van der Waals surface area contributed by atoms with E-state index in [1.807, 2.05) is 24.3 Å². The fraction of sp³-hybridized carbons (Fsp3) is 0.348. The molecule has 3 heterocycles. The Balaban J connectivity index is 1.35. The van der Waals surface area contributed by atoms with Gasteiger partial charge in [-0.05, 0) is 55.5 Å². The summed E-state index contributed by atoms with van der Waals surface area (Å²) in [5, 5.41) is 19.8. The number of hydrogen-bond acceptors (Lipinski definition) is 5. The SMILES string of the molecule is O=C(NCc1ccc(N2CCCC[C@@H]2CCO)nc1)c1cc(-c2cccc(Cl)c2)n[nH]1. The molecule has 31 heavy (non-hydrogen) atoms. The number of aliphatic hydroxyl groups is 1. The van der Waals surface area contributed by atoms with Gasteiger partial charge in [0.05, 0.1) is 5.69 Å². The first kappa shape index (κ1) is 21.3. The minimum Gasteiger partial charge on any atom is -0.396 e. The Morgan fingerprint density at radius 3 is 2.94 bits per heavy atom. The Hall–Kier alpha value is -2.90. The molecule has 2 aromatic heterocycles. The molecule has 4 rings (SSSR count). The summed E-state index contributed by atoms with van der Waals surface area (Å²) >= 11 is 6.03. The maximum absolute atomic E-state index is 12.5. The summed E-state index contributed by atoms with van der Waals surface area (Å²) < 4.78 is 0. The van der Waals surface area contributed by atoms with E-state index in [4.69, 9.17) is 11.6 Å². The van der Waals surface area contributed by atoms with Crippen LogP contribution in [0.1, 0.15) is 41.7 Å². The topological polar surface area (TPSA) is 94.1 Å². The molecule has 1 amide bonds. The number of nitrogens with one attached hydrogen (secondary N) is 2. The summed E-state index contributed by atoms with van der Waals surface area (Å²) in [6.07, 6.45) is 5.98. The minimum absolute atomic E-state index is 0.192. The number of carbonyl (C=O) groups is 1. The van der Waals surface area contributed by atoms with Crippen molar-refractivity contribution < 1.29 is 9.90 Å². The van der Waals surface area contributed by atoms with Gasteiger partial charge in [0.15, 0.2) is 0 Å². The van der Waals surface area contributed by atoms with Crippen LogP contribution in [0.2, 0.25) is 5.02 Å². The summed E-state index contributed by atoms with van der Waals surface area (Å²) in [7, 11) is 0. The van der Waals surface area contributed by atoms with E-state index in [-0.39, 0.29) is 12.5 Å². The van der Waals surface area contributed by atoms with Crippen molar-refractivity contribution in [2.45, 2.75) is 38.3 Å². The number of H-pyrrole nitrogens is 1. The van der Waals surface area contributed by atoms with Crippen LogP contribution in [0.15, 0.2) is 48.7 Å². The van der Waals surface area contributed by atoms with Crippen molar-refractivity contribution in [2.75, 3.05) is 18.1 Å². The number of aromatic nitrogens is 3. The fourth-order valence-electron chi connectivity index (χ4n) is 3.95. The quantitative estimate of drug-likeness (QED) is 0.520. The van der Waals surface area contributed by atoms with E-state index in [0.29, 0.717) is 29.0 Å². The van der Waals surface area contributed by atoms with Gasteiger partial charge in [-0.3, -0.25) is 9.89 Å². The van der Waals surface area contributed by atoms with Crippen molar-refractivity contribution in [3.63, 3.8) is 0 Å². The maximum atomic E-state index is 12.5. The molecule has 0 saturated carbocycles. The van der Waals surface area contributed by atoms with Gasteiger partial charge in [-0.15, -0.1) is 0 Å². The molecule has 3 aromatic rings. The largest absolute Gasteiger partial charge is 0.396 e. The second kappa shape index (κ2) is 9.94. The Kier molecular flexibility index (Phi) is 6.84. The van der Waals surface area contributed by atoms with Gasteiger partial charge >= 0.3 is 0 Å². The zero-order valence-electron chi connectivity index (χ0n) is 17.2. The summed E-state index contributed by atoms with van der Waals surface area (Å²) in [5.41, 5.74) is 2.82. The molecule has 0 aliphatic carbocycles. The Bertz CT molecular complexity index is 1020. The number of rotatable bonds is 7. The number of aromatic amines is 1. The van der Waals surface area contributed by atoms with Crippen molar-refractivity contribution in [3.8, 4) is 11.3 Å². The molecule has 1 aromatic carbocycles. The van der Waals surface area contributed by atoms with Gasteiger partial charge in [0, 0.05) is 42.5 Å². The molecule has 162 valence electrons. The van der Waals surface area contributed by atoms with Crippen LogP contribution in [-0.4, -0.2) is 45.4 Å². The smallest absolute Gasteiger partial charge is 0.269 e. The highest BCUT2D eigenvalue weighted by Gasteiger charge is 2.23. The van der Waals surface area contributed by atoms with E-state index < -0.39 is 0 Å². The number of aliphatic hydroxyl groups excluding tert-OH is 1. The number of halogens is 1. The molecule has 8 heteroatoms. The summed E-state index contributed by atoms with van der Waals surface area (Å²) in [6, 6.07) is 13.4. The normalized spacial score (nSPS) is 16.3. The molecule has 1 atom stereocenters. The lowest BCUT2D eigenvalue weighted by molar-refractivity contribution is 0.0946. The van der Waals surface area contributed by atoms with Gasteiger partial charge in [-0.1, -0.05) is 29.8 Å². The standard InChI is InChI=1S/C23H26ClN5O2/c24-18-5-3-4-17(12-18)20-13-21(28-27-20)23(31)26-15-16-7-8-22(25-14-16)29-10-2-1-6-19(29)9-11-30/h3-5,7-8,12-14,19,30H,1-2,6,9-11,15H2,(H,26,31)(H,27,28)/t19-/m1/s1. The van der Waals surface area contributed by atoms with E-state index in [9.17, 15) is 9.90 Å². The van der Waals surface area contributed by atoms with E-state index in [2.05, 4.69) is 25.4 Å². The first-order valence-electron chi connectivity index (χ1n) is 10.6. The van der Waals surface area contributed by atoms with E-state index >= 15 is 0 Å². The Morgan fingerprint density at radius 1 is 1.26 bits per heavy atom. The predicted octanol–water partition coefficient (Wildman–Crippen LogP) is 3.80. The van der Waals surface area contributed by atoms with Gasteiger partial charge in [0.2, 0.25) is 0 Å². The second-order valence-corrected chi connectivity index (χ2v) is 8.18. The highest BCUT2D eigenvalue weighted by molar-refractivity contribution is 6.30. The van der Waals surface area contributed by atoms with Crippen LogP contribution in [0.4, 0.5) is 5.82 Å². The third kappa shape index (κ3) is 5.24. The highest BCUT2D eigenvalue weighted by Crippen LogP contribution is 2.25. The molecule has 0 spiro atoms. The molecule has 1 fully saturated rings. The monoisotopic (exact) mass is 439 g/mol. The van der Waals surface area contributed by atoms with Crippen LogP contribution in [0.25, 0.3) is 11.3 Å². The molecule has 0 bridgehead atoms. The fourth-order valence-corrected chi connectivity index (χ4v) is 4.14. The zero-order valence-corrected chi connectivity index (χ0v) is 18.0. The molecule has 7 nitrogen and oxygen atoms in total. The van der Waals surface area contributed by atoms with Crippen LogP contribution in [0, 0.1) is 0 Å². The summed E-state index contributed by atoms with van der Waals surface area (Å²) in [6.45, 7) is 1.53. The summed E-state index contributed by atoms with van der Waals surface area (Å²) in [4.78, 5) is 19.4. The average molecular weight is 440 g/mol. The van der Waals surface area contributed by atoms with E-state index in [1.165, 1.54) is 6.42 Å². The van der Waals surface area contributed by atoms with Crippen molar-refractivity contribution in [1.82, 2.24) is 20.5 Å². The number of benzene rings is 1. The number of anilines is 1.